The lowest BCUT2D eigenvalue weighted by Gasteiger charge is -2.08. The first-order chi connectivity index (χ1) is 12.3. The molecule has 0 aliphatic heterocycles. The van der Waals surface area contributed by atoms with Crippen molar-refractivity contribution >= 4 is 40.2 Å². The Morgan fingerprint density at radius 2 is 1.81 bits per heavy atom. The van der Waals surface area contributed by atoms with Crippen LogP contribution in [0.15, 0.2) is 36.4 Å². The van der Waals surface area contributed by atoms with Crippen LogP contribution in [-0.4, -0.2) is 43.9 Å². The highest BCUT2D eigenvalue weighted by Gasteiger charge is 2.26. The van der Waals surface area contributed by atoms with Gasteiger partial charge >= 0.3 is 5.97 Å². The van der Waals surface area contributed by atoms with E-state index in [9.17, 15) is 14.4 Å². The molecular weight excluding hydrogens is 352 g/mol. The van der Waals surface area contributed by atoms with Crippen molar-refractivity contribution in [1.29, 1.82) is 0 Å². The van der Waals surface area contributed by atoms with Gasteiger partial charge in [0.1, 0.15) is 5.00 Å². The number of benzene rings is 1. The van der Waals surface area contributed by atoms with Crippen molar-refractivity contribution in [2.24, 2.45) is 0 Å². The number of anilines is 1. The first-order valence-corrected chi connectivity index (χ1v) is 8.64. The minimum atomic E-state index is -0.598. The van der Waals surface area contributed by atoms with Crippen LogP contribution in [0.3, 0.4) is 0 Å². The first-order valence-electron chi connectivity index (χ1n) is 7.82. The zero-order valence-corrected chi connectivity index (χ0v) is 15.8. The number of thiophene rings is 1. The molecule has 1 aromatic carbocycles. The second-order valence-corrected chi connectivity index (χ2v) is 6.71. The summed E-state index contributed by atoms with van der Waals surface area (Å²) in [5.41, 5.74) is 1.56. The van der Waals surface area contributed by atoms with Crippen LogP contribution in [0.25, 0.3) is 6.08 Å². The number of amides is 2. The van der Waals surface area contributed by atoms with Gasteiger partial charge in [-0.3, -0.25) is 9.59 Å². The summed E-state index contributed by atoms with van der Waals surface area (Å²) in [6.45, 7) is 1.66. The molecule has 2 rings (SSSR count). The van der Waals surface area contributed by atoms with E-state index in [-0.39, 0.29) is 11.5 Å². The van der Waals surface area contributed by atoms with E-state index in [4.69, 9.17) is 4.74 Å². The molecule has 2 aromatic rings. The molecule has 1 aromatic heterocycles. The van der Waals surface area contributed by atoms with Gasteiger partial charge in [-0.05, 0) is 24.1 Å². The highest BCUT2D eigenvalue weighted by molar-refractivity contribution is 7.18. The Morgan fingerprint density at radius 3 is 2.38 bits per heavy atom. The summed E-state index contributed by atoms with van der Waals surface area (Å²) in [4.78, 5) is 38.4. The van der Waals surface area contributed by atoms with Gasteiger partial charge in [0.25, 0.3) is 5.91 Å². The van der Waals surface area contributed by atoms with Gasteiger partial charge in [-0.25, -0.2) is 4.79 Å². The van der Waals surface area contributed by atoms with E-state index in [0.29, 0.717) is 15.4 Å². The molecule has 0 aliphatic rings. The van der Waals surface area contributed by atoms with E-state index in [0.717, 1.165) is 16.9 Å². The molecule has 0 saturated heterocycles. The van der Waals surface area contributed by atoms with Gasteiger partial charge in [-0.2, -0.15) is 0 Å². The summed E-state index contributed by atoms with van der Waals surface area (Å²) < 4.78 is 4.80. The molecule has 2 amide bonds. The molecule has 136 valence electrons. The number of hydrogen-bond donors (Lipinski definition) is 1. The Kier molecular flexibility index (Phi) is 6.30. The lowest BCUT2D eigenvalue weighted by molar-refractivity contribution is -0.111. The number of esters is 1. The number of nitrogens with one attached hydrogen (secondary N) is 1. The van der Waals surface area contributed by atoms with Gasteiger partial charge in [-0.1, -0.05) is 30.3 Å². The quantitative estimate of drug-likeness (QED) is 0.646. The summed E-state index contributed by atoms with van der Waals surface area (Å²) in [6.07, 6.45) is 3.04. The zero-order valence-electron chi connectivity index (χ0n) is 15.0. The minimum Gasteiger partial charge on any atom is -0.465 e. The molecule has 6 nitrogen and oxygen atoms in total. The molecule has 0 unspecified atom stereocenters. The molecule has 1 N–H and O–H groups in total. The van der Waals surface area contributed by atoms with E-state index < -0.39 is 11.9 Å². The topological polar surface area (TPSA) is 75.7 Å². The van der Waals surface area contributed by atoms with Crippen molar-refractivity contribution in [3.05, 3.63) is 58.0 Å². The predicted octanol–water partition coefficient (Wildman–Crippen LogP) is 3.20. The van der Waals surface area contributed by atoms with E-state index in [1.807, 2.05) is 30.3 Å². The lowest BCUT2D eigenvalue weighted by Crippen LogP contribution is -2.21. The Labute approximate surface area is 156 Å². The molecule has 0 radical (unpaired) electrons. The van der Waals surface area contributed by atoms with E-state index >= 15 is 0 Å². The van der Waals surface area contributed by atoms with E-state index in [2.05, 4.69) is 5.32 Å². The maximum absolute atomic E-state index is 12.3. The van der Waals surface area contributed by atoms with Gasteiger partial charge in [0.15, 0.2) is 0 Å². The number of nitrogens with zero attached hydrogens (tertiary/aromatic N) is 1. The van der Waals surface area contributed by atoms with Crippen molar-refractivity contribution in [1.82, 2.24) is 4.90 Å². The van der Waals surface area contributed by atoms with Crippen LogP contribution >= 0.6 is 11.3 Å². The first kappa shape index (κ1) is 19.4. The predicted molar refractivity (Wildman–Crippen MR) is 103 cm³/mol. The normalized spacial score (nSPS) is 10.6. The van der Waals surface area contributed by atoms with Crippen LogP contribution in [0.2, 0.25) is 0 Å². The smallest absolute Gasteiger partial charge is 0.341 e. The number of carbonyl (C=O) groups excluding carboxylic acids is 3. The summed E-state index contributed by atoms with van der Waals surface area (Å²) in [5, 5.41) is 2.97. The summed E-state index contributed by atoms with van der Waals surface area (Å²) >= 11 is 1.06. The number of ether oxygens (including phenoxy) is 1. The maximum Gasteiger partial charge on any atom is 0.341 e. The molecule has 0 fully saturated rings. The van der Waals surface area contributed by atoms with Crippen LogP contribution in [0.1, 0.15) is 31.2 Å². The largest absolute Gasteiger partial charge is 0.465 e. The SMILES string of the molecule is COC(=O)c1c(NC(=O)/C=C/c2ccccc2)sc(C(=O)N(C)C)c1C. The van der Waals surface area contributed by atoms with Gasteiger partial charge in [0, 0.05) is 20.2 Å². The van der Waals surface area contributed by atoms with Gasteiger partial charge in [0.2, 0.25) is 5.91 Å². The Bertz CT molecular complexity index is 854. The summed E-state index contributed by atoms with van der Waals surface area (Å²) in [6, 6.07) is 9.36. The molecule has 7 heteroatoms. The fourth-order valence-corrected chi connectivity index (χ4v) is 3.47. The second kappa shape index (κ2) is 8.44. The molecule has 0 bridgehead atoms. The van der Waals surface area contributed by atoms with Crippen LogP contribution < -0.4 is 5.32 Å². The van der Waals surface area contributed by atoms with Crippen LogP contribution in [0, 0.1) is 6.92 Å². The molecule has 0 saturated carbocycles. The second-order valence-electron chi connectivity index (χ2n) is 5.68. The third kappa shape index (κ3) is 4.37. The highest BCUT2D eigenvalue weighted by Crippen LogP contribution is 2.34. The monoisotopic (exact) mass is 372 g/mol. The van der Waals surface area contributed by atoms with Gasteiger partial charge in [-0.15, -0.1) is 11.3 Å². The molecule has 0 atom stereocenters. The van der Waals surface area contributed by atoms with E-state index in [1.165, 1.54) is 18.1 Å². The Morgan fingerprint density at radius 1 is 1.15 bits per heavy atom. The molecule has 0 spiro atoms. The van der Waals surface area contributed by atoms with Crippen molar-refractivity contribution < 1.29 is 19.1 Å². The Hall–Kier alpha value is -2.93. The summed E-state index contributed by atoms with van der Waals surface area (Å²) in [5.74, 6) is -1.24. The highest BCUT2D eigenvalue weighted by atomic mass is 32.1. The lowest BCUT2D eigenvalue weighted by atomic mass is 10.1. The Balaban J connectivity index is 2.31. The van der Waals surface area contributed by atoms with Gasteiger partial charge in [0.05, 0.1) is 17.6 Å². The van der Waals surface area contributed by atoms with Crippen LogP contribution in [-0.2, 0) is 9.53 Å². The van der Waals surface area contributed by atoms with Crippen LogP contribution in [0.4, 0.5) is 5.00 Å². The van der Waals surface area contributed by atoms with Crippen LogP contribution in [0.5, 0.6) is 0 Å². The average Bonchev–Trinajstić information content (AvgIpc) is 2.95. The molecule has 1 heterocycles. The van der Waals surface area contributed by atoms with Crippen molar-refractivity contribution in [3.63, 3.8) is 0 Å². The third-order valence-electron chi connectivity index (χ3n) is 3.60. The van der Waals surface area contributed by atoms with E-state index in [1.54, 1.807) is 27.1 Å². The molecule has 0 aliphatic carbocycles. The zero-order chi connectivity index (χ0) is 19.3. The standard InChI is InChI=1S/C19H20N2O4S/c1-12-15(19(24)25-4)17(26-16(12)18(23)21(2)3)20-14(22)11-10-13-8-6-5-7-9-13/h5-11H,1-4H3,(H,20,22)/b11-10+. The van der Waals surface area contributed by atoms with Crippen molar-refractivity contribution in [2.45, 2.75) is 6.92 Å². The van der Waals surface area contributed by atoms with Gasteiger partial charge < -0.3 is 15.0 Å². The number of hydrogen-bond acceptors (Lipinski definition) is 5. The fourth-order valence-electron chi connectivity index (χ4n) is 2.25. The maximum atomic E-state index is 12.3. The summed E-state index contributed by atoms with van der Waals surface area (Å²) in [7, 11) is 4.51. The van der Waals surface area contributed by atoms with Crippen molar-refractivity contribution in [2.75, 3.05) is 26.5 Å². The number of methoxy groups -OCH3 is 1. The molecule has 26 heavy (non-hydrogen) atoms. The fraction of sp³-hybridized carbons (Fsp3) is 0.211. The number of carbonyl (C=O) groups is 3. The third-order valence-corrected chi connectivity index (χ3v) is 4.80. The molecular formula is C19H20N2O4S. The number of rotatable bonds is 5. The van der Waals surface area contributed by atoms with Crippen molar-refractivity contribution in [3.8, 4) is 0 Å². The minimum absolute atomic E-state index is 0.198. The average molecular weight is 372 g/mol.